The Morgan fingerprint density at radius 2 is 1.75 bits per heavy atom. The molecule has 2 aromatic carbocycles. The summed E-state index contributed by atoms with van der Waals surface area (Å²) < 4.78 is 5.29. The van der Waals surface area contributed by atoms with Gasteiger partial charge in [-0.3, -0.25) is 4.90 Å². The first kappa shape index (κ1) is 13.9. The smallest absolute Gasteiger partial charge is 0.414 e. The number of carbonyl (C=O) groups is 1. The number of ether oxygens (including phenoxy) is 1. The normalized spacial score (nSPS) is 10.1. The Balaban J connectivity index is 2.00. The van der Waals surface area contributed by atoms with Crippen molar-refractivity contribution >= 4 is 11.8 Å². The van der Waals surface area contributed by atoms with Crippen molar-refractivity contribution in [3.05, 3.63) is 60.2 Å². The van der Waals surface area contributed by atoms with Crippen LogP contribution in [0.4, 0.5) is 10.5 Å². The lowest BCUT2D eigenvalue weighted by molar-refractivity contribution is 0.147. The van der Waals surface area contributed by atoms with Gasteiger partial charge in [-0.2, -0.15) is 0 Å². The Bertz CT molecular complexity index is 552. The molecule has 0 aliphatic heterocycles. The largest absolute Gasteiger partial charge is 0.508 e. The lowest BCUT2D eigenvalue weighted by atomic mass is 10.2. The topological polar surface area (TPSA) is 49.8 Å². The average Bonchev–Trinajstić information content (AvgIpc) is 2.49. The second-order valence-corrected chi connectivity index (χ2v) is 4.30. The SMILES string of the molecule is CCN(C(=O)OCc1ccccc1)c1ccc(O)cc1. The summed E-state index contributed by atoms with van der Waals surface area (Å²) in [6, 6.07) is 16.0. The van der Waals surface area contributed by atoms with E-state index in [1.807, 2.05) is 37.3 Å². The van der Waals surface area contributed by atoms with Crippen LogP contribution in [-0.2, 0) is 11.3 Å². The first-order chi connectivity index (χ1) is 9.70. The van der Waals surface area contributed by atoms with Crippen LogP contribution in [0, 0.1) is 0 Å². The molecular weight excluding hydrogens is 254 g/mol. The lowest BCUT2D eigenvalue weighted by Crippen LogP contribution is -2.31. The van der Waals surface area contributed by atoms with Gasteiger partial charge in [-0.05, 0) is 36.8 Å². The maximum Gasteiger partial charge on any atom is 0.414 e. The van der Waals surface area contributed by atoms with Crippen molar-refractivity contribution in [1.82, 2.24) is 0 Å². The van der Waals surface area contributed by atoms with Crippen molar-refractivity contribution in [2.75, 3.05) is 11.4 Å². The van der Waals surface area contributed by atoms with E-state index in [-0.39, 0.29) is 12.4 Å². The zero-order chi connectivity index (χ0) is 14.4. The van der Waals surface area contributed by atoms with E-state index in [9.17, 15) is 9.90 Å². The van der Waals surface area contributed by atoms with E-state index < -0.39 is 6.09 Å². The zero-order valence-electron chi connectivity index (χ0n) is 11.3. The molecule has 0 spiro atoms. The maximum absolute atomic E-state index is 12.1. The van der Waals surface area contributed by atoms with Gasteiger partial charge in [-0.15, -0.1) is 0 Å². The highest BCUT2D eigenvalue weighted by atomic mass is 16.6. The number of hydrogen-bond donors (Lipinski definition) is 1. The van der Waals surface area contributed by atoms with Crippen LogP contribution in [-0.4, -0.2) is 17.7 Å². The van der Waals surface area contributed by atoms with Crippen LogP contribution >= 0.6 is 0 Å². The summed E-state index contributed by atoms with van der Waals surface area (Å²) in [7, 11) is 0. The average molecular weight is 271 g/mol. The third-order valence-corrected chi connectivity index (χ3v) is 2.90. The minimum Gasteiger partial charge on any atom is -0.508 e. The highest BCUT2D eigenvalue weighted by Gasteiger charge is 2.15. The molecule has 104 valence electrons. The van der Waals surface area contributed by atoms with E-state index in [0.29, 0.717) is 12.2 Å². The van der Waals surface area contributed by atoms with E-state index >= 15 is 0 Å². The van der Waals surface area contributed by atoms with Gasteiger partial charge >= 0.3 is 6.09 Å². The molecule has 2 aromatic rings. The third kappa shape index (κ3) is 3.51. The molecule has 0 fully saturated rings. The Hall–Kier alpha value is -2.49. The number of anilines is 1. The third-order valence-electron chi connectivity index (χ3n) is 2.90. The van der Waals surface area contributed by atoms with Crippen molar-refractivity contribution in [3.63, 3.8) is 0 Å². The standard InChI is InChI=1S/C16H17NO3/c1-2-17(14-8-10-15(18)11-9-14)16(19)20-12-13-6-4-3-5-7-13/h3-11,18H,2,12H2,1H3. The molecule has 0 unspecified atom stereocenters. The van der Waals surface area contributed by atoms with Gasteiger partial charge in [0.05, 0.1) is 0 Å². The predicted molar refractivity (Wildman–Crippen MR) is 77.8 cm³/mol. The Morgan fingerprint density at radius 1 is 1.10 bits per heavy atom. The lowest BCUT2D eigenvalue weighted by Gasteiger charge is -2.20. The van der Waals surface area contributed by atoms with Crippen LogP contribution < -0.4 is 4.90 Å². The van der Waals surface area contributed by atoms with Gasteiger partial charge in [0.2, 0.25) is 0 Å². The number of amides is 1. The molecule has 0 aliphatic carbocycles. The van der Waals surface area contributed by atoms with Gasteiger partial charge in [0.15, 0.2) is 0 Å². The molecule has 0 radical (unpaired) electrons. The van der Waals surface area contributed by atoms with Crippen LogP contribution in [0.2, 0.25) is 0 Å². The molecule has 0 aliphatic rings. The summed E-state index contributed by atoms with van der Waals surface area (Å²) in [5.74, 6) is 0.169. The van der Waals surface area contributed by atoms with Crippen molar-refractivity contribution in [2.45, 2.75) is 13.5 Å². The van der Waals surface area contributed by atoms with Crippen LogP contribution in [0.5, 0.6) is 5.75 Å². The monoisotopic (exact) mass is 271 g/mol. The van der Waals surface area contributed by atoms with Crippen molar-refractivity contribution in [1.29, 1.82) is 0 Å². The van der Waals surface area contributed by atoms with Crippen molar-refractivity contribution < 1.29 is 14.6 Å². The van der Waals surface area contributed by atoms with Gasteiger partial charge in [0, 0.05) is 12.2 Å². The minimum absolute atomic E-state index is 0.169. The van der Waals surface area contributed by atoms with Crippen LogP contribution in [0.3, 0.4) is 0 Å². The molecule has 4 heteroatoms. The molecule has 0 saturated carbocycles. The summed E-state index contributed by atoms with van der Waals surface area (Å²) >= 11 is 0. The number of phenolic OH excluding ortho intramolecular Hbond substituents is 1. The maximum atomic E-state index is 12.1. The number of aromatic hydroxyl groups is 1. The minimum atomic E-state index is -0.401. The second-order valence-electron chi connectivity index (χ2n) is 4.30. The van der Waals surface area contributed by atoms with Gasteiger partial charge in [-0.25, -0.2) is 4.79 Å². The number of carbonyl (C=O) groups excluding carboxylic acids is 1. The van der Waals surface area contributed by atoms with E-state index in [0.717, 1.165) is 5.56 Å². The first-order valence-electron chi connectivity index (χ1n) is 6.48. The molecule has 0 heterocycles. The molecule has 0 atom stereocenters. The first-order valence-corrected chi connectivity index (χ1v) is 6.48. The summed E-state index contributed by atoms with van der Waals surface area (Å²) in [6.07, 6.45) is -0.401. The van der Waals surface area contributed by atoms with E-state index in [2.05, 4.69) is 0 Å². The highest BCUT2D eigenvalue weighted by Crippen LogP contribution is 2.19. The van der Waals surface area contributed by atoms with Gasteiger partial charge in [-0.1, -0.05) is 30.3 Å². The van der Waals surface area contributed by atoms with E-state index in [1.54, 1.807) is 24.3 Å². The van der Waals surface area contributed by atoms with Crippen LogP contribution in [0.25, 0.3) is 0 Å². The zero-order valence-corrected chi connectivity index (χ0v) is 11.3. The van der Waals surface area contributed by atoms with Crippen molar-refractivity contribution in [3.8, 4) is 5.75 Å². The molecule has 0 aromatic heterocycles. The quantitative estimate of drug-likeness (QED) is 0.925. The fraction of sp³-hybridized carbons (Fsp3) is 0.188. The number of hydrogen-bond acceptors (Lipinski definition) is 3. The van der Waals surface area contributed by atoms with Gasteiger partial charge in [0.1, 0.15) is 12.4 Å². The Morgan fingerprint density at radius 3 is 2.35 bits per heavy atom. The number of benzene rings is 2. The molecule has 20 heavy (non-hydrogen) atoms. The van der Waals surface area contributed by atoms with Crippen molar-refractivity contribution in [2.24, 2.45) is 0 Å². The second kappa shape index (κ2) is 6.61. The van der Waals surface area contributed by atoms with E-state index in [4.69, 9.17) is 4.74 Å². The highest BCUT2D eigenvalue weighted by molar-refractivity contribution is 5.87. The number of rotatable bonds is 4. The summed E-state index contributed by atoms with van der Waals surface area (Å²) in [6.45, 7) is 2.61. The number of phenols is 1. The molecule has 2 rings (SSSR count). The van der Waals surface area contributed by atoms with Gasteiger partial charge in [0.25, 0.3) is 0 Å². The molecular formula is C16H17NO3. The molecule has 0 saturated heterocycles. The number of nitrogens with zero attached hydrogens (tertiary/aromatic N) is 1. The summed E-state index contributed by atoms with van der Waals surface area (Å²) in [4.78, 5) is 13.6. The summed E-state index contributed by atoms with van der Waals surface area (Å²) in [5.41, 5.74) is 1.64. The predicted octanol–water partition coefficient (Wildman–Crippen LogP) is 3.56. The van der Waals surface area contributed by atoms with Crippen LogP contribution in [0.15, 0.2) is 54.6 Å². The fourth-order valence-electron chi connectivity index (χ4n) is 1.85. The van der Waals surface area contributed by atoms with E-state index in [1.165, 1.54) is 4.90 Å². The summed E-state index contributed by atoms with van der Waals surface area (Å²) in [5, 5.41) is 9.27. The fourth-order valence-corrected chi connectivity index (χ4v) is 1.85. The van der Waals surface area contributed by atoms with Gasteiger partial charge < -0.3 is 9.84 Å². The Kier molecular flexibility index (Phi) is 4.60. The molecule has 4 nitrogen and oxygen atoms in total. The molecule has 1 N–H and O–H groups in total. The van der Waals surface area contributed by atoms with Crippen LogP contribution in [0.1, 0.15) is 12.5 Å². The molecule has 1 amide bonds. The Labute approximate surface area is 118 Å². The molecule has 0 bridgehead atoms.